The van der Waals surface area contributed by atoms with Crippen molar-refractivity contribution < 1.29 is 17.9 Å². The van der Waals surface area contributed by atoms with Crippen molar-refractivity contribution in [1.82, 2.24) is 19.3 Å². The van der Waals surface area contributed by atoms with Crippen LogP contribution in [-0.4, -0.2) is 35.5 Å². The third-order valence-corrected chi connectivity index (χ3v) is 7.98. The minimum atomic E-state index is -4.07. The number of benzene rings is 2. The molecule has 10 heteroatoms. The zero-order chi connectivity index (χ0) is 30.7. The van der Waals surface area contributed by atoms with Gasteiger partial charge in [-0.05, 0) is 60.4 Å². The van der Waals surface area contributed by atoms with Gasteiger partial charge in [0.05, 0.1) is 30.5 Å². The summed E-state index contributed by atoms with van der Waals surface area (Å²) in [4.78, 5) is 22.0. The highest BCUT2D eigenvalue weighted by Gasteiger charge is 2.18. The maximum absolute atomic E-state index is 13.4. The summed E-state index contributed by atoms with van der Waals surface area (Å²) in [6, 6.07) is 18.2. The lowest BCUT2D eigenvalue weighted by Crippen LogP contribution is -2.30. The van der Waals surface area contributed by atoms with Gasteiger partial charge in [-0.2, -0.15) is 0 Å². The lowest BCUT2D eigenvalue weighted by atomic mass is 10.1. The number of unbranched alkanes of at least 4 members (excludes halogenated alkanes) is 2. The molecule has 2 aromatic carbocycles. The van der Waals surface area contributed by atoms with Gasteiger partial charge in [0.15, 0.2) is 0 Å². The largest absolute Gasteiger partial charge is 0.494 e. The Balaban J connectivity index is 1.58. The molecule has 224 valence electrons. The number of hydrogen-bond acceptors (Lipinski definition) is 6. The minimum Gasteiger partial charge on any atom is -0.494 e. The SMILES string of the molecule is CCCCCOc1ccc(Cn2c(/C=C(\Cc3cccnc3)C(=O)NS(=O)(=O)/C=C/c3ccccc3)cnc2C)c(Cl)c1. The summed E-state index contributed by atoms with van der Waals surface area (Å²) in [6.07, 6.45) is 11.4. The average molecular weight is 619 g/mol. The normalized spacial score (nSPS) is 12.0. The first-order valence-electron chi connectivity index (χ1n) is 14.1. The van der Waals surface area contributed by atoms with Gasteiger partial charge >= 0.3 is 0 Å². The van der Waals surface area contributed by atoms with Crippen LogP contribution in [0.15, 0.2) is 90.2 Å². The molecule has 0 aliphatic rings. The fourth-order valence-electron chi connectivity index (χ4n) is 4.32. The Morgan fingerprint density at radius 2 is 1.88 bits per heavy atom. The lowest BCUT2D eigenvalue weighted by Gasteiger charge is -2.13. The van der Waals surface area contributed by atoms with Gasteiger partial charge in [-0.1, -0.05) is 73.8 Å². The number of hydrogen-bond donors (Lipinski definition) is 1. The van der Waals surface area contributed by atoms with Gasteiger partial charge in [0.2, 0.25) is 0 Å². The third kappa shape index (κ3) is 9.66. The van der Waals surface area contributed by atoms with Crippen molar-refractivity contribution in [2.45, 2.75) is 46.1 Å². The molecule has 4 rings (SSSR count). The number of nitrogens with zero attached hydrogens (tertiary/aromatic N) is 3. The van der Waals surface area contributed by atoms with Gasteiger partial charge in [-0.15, -0.1) is 0 Å². The number of nitrogens with one attached hydrogen (secondary N) is 1. The predicted octanol–water partition coefficient (Wildman–Crippen LogP) is 6.60. The number of ether oxygens (including phenoxy) is 1. The maximum Gasteiger partial charge on any atom is 0.261 e. The van der Waals surface area contributed by atoms with Crippen molar-refractivity contribution in [3.8, 4) is 5.75 Å². The van der Waals surface area contributed by atoms with Gasteiger partial charge in [0.1, 0.15) is 11.6 Å². The molecular formula is C33H35ClN4O4S. The second-order valence-corrected chi connectivity index (χ2v) is 12.0. The zero-order valence-electron chi connectivity index (χ0n) is 24.2. The van der Waals surface area contributed by atoms with Crippen LogP contribution in [0.25, 0.3) is 12.2 Å². The number of pyridine rings is 1. The second kappa shape index (κ2) is 15.3. The highest BCUT2D eigenvalue weighted by atomic mass is 35.5. The summed E-state index contributed by atoms with van der Waals surface area (Å²) in [5, 5.41) is 1.54. The van der Waals surface area contributed by atoms with Crippen LogP contribution in [0.1, 0.15) is 54.4 Å². The number of sulfonamides is 1. The van der Waals surface area contributed by atoms with E-state index < -0.39 is 15.9 Å². The molecule has 1 N–H and O–H groups in total. The molecule has 4 aromatic rings. The van der Waals surface area contributed by atoms with Crippen molar-refractivity contribution >= 4 is 39.7 Å². The molecule has 2 heterocycles. The number of amides is 1. The number of imidazole rings is 1. The van der Waals surface area contributed by atoms with E-state index in [1.165, 1.54) is 6.08 Å². The summed E-state index contributed by atoms with van der Waals surface area (Å²) < 4.78 is 35.5. The Kier molecular flexibility index (Phi) is 11.3. The van der Waals surface area contributed by atoms with Gasteiger partial charge in [-0.25, -0.2) is 18.1 Å². The van der Waals surface area contributed by atoms with Gasteiger partial charge in [-0.3, -0.25) is 9.78 Å². The number of rotatable bonds is 14. The van der Waals surface area contributed by atoms with Crippen LogP contribution in [0.5, 0.6) is 5.75 Å². The molecule has 0 unspecified atom stereocenters. The topological polar surface area (TPSA) is 103 Å². The molecule has 8 nitrogen and oxygen atoms in total. The van der Waals surface area contributed by atoms with E-state index in [4.69, 9.17) is 16.3 Å². The van der Waals surface area contributed by atoms with E-state index in [1.54, 1.807) is 61.1 Å². The smallest absolute Gasteiger partial charge is 0.261 e. The number of carbonyl (C=O) groups excluding carboxylic acids is 1. The zero-order valence-corrected chi connectivity index (χ0v) is 25.8. The molecule has 0 aliphatic carbocycles. The molecular weight excluding hydrogens is 584 g/mol. The van der Waals surface area contributed by atoms with E-state index >= 15 is 0 Å². The van der Waals surface area contributed by atoms with Gasteiger partial charge < -0.3 is 9.30 Å². The number of carbonyl (C=O) groups is 1. The Hall–Kier alpha value is -4.21. The summed E-state index contributed by atoms with van der Waals surface area (Å²) in [5.74, 6) is 0.682. The molecule has 0 radical (unpaired) electrons. The molecule has 0 bridgehead atoms. The molecule has 0 atom stereocenters. The van der Waals surface area contributed by atoms with E-state index in [2.05, 4.69) is 21.6 Å². The summed E-state index contributed by atoms with van der Waals surface area (Å²) in [5.41, 5.74) is 3.15. The summed E-state index contributed by atoms with van der Waals surface area (Å²) in [7, 11) is -4.07. The van der Waals surface area contributed by atoms with E-state index in [-0.39, 0.29) is 12.0 Å². The van der Waals surface area contributed by atoms with Gasteiger partial charge in [0.25, 0.3) is 15.9 Å². The van der Waals surface area contributed by atoms with Crippen molar-refractivity contribution in [2.24, 2.45) is 0 Å². The fourth-order valence-corrected chi connectivity index (χ4v) is 5.35. The standard InChI is InChI=1S/C33H35ClN4O4S/c1-3-4-8-17-42-31-14-13-28(32(34)21-31)24-38-25(2)36-23-30(38)20-29(19-27-12-9-16-35-22-27)33(39)37-43(40,41)18-15-26-10-6-5-7-11-26/h5-7,9-16,18,20-23H,3-4,8,17,19,24H2,1-2H3,(H,37,39)/b18-15+,29-20+. The van der Waals surface area contributed by atoms with E-state index in [0.29, 0.717) is 41.0 Å². The minimum absolute atomic E-state index is 0.159. The van der Waals surface area contributed by atoms with Crippen LogP contribution in [0.2, 0.25) is 5.02 Å². The first-order valence-corrected chi connectivity index (χ1v) is 16.0. The lowest BCUT2D eigenvalue weighted by molar-refractivity contribution is -0.115. The van der Waals surface area contributed by atoms with Crippen LogP contribution in [0.3, 0.4) is 0 Å². The first-order chi connectivity index (χ1) is 20.7. The Morgan fingerprint density at radius 1 is 1.07 bits per heavy atom. The van der Waals surface area contributed by atoms with Crippen LogP contribution in [-0.2, 0) is 27.8 Å². The molecule has 0 saturated heterocycles. The quantitative estimate of drug-likeness (QED) is 0.126. The molecule has 1 amide bonds. The van der Waals surface area contributed by atoms with Gasteiger partial charge in [0, 0.05) is 29.4 Å². The van der Waals surface area contributed by atoms with E-state index in [9.17, 15) is 13.2 Å². The number of aryl methyl sites for hydroxylation is 1. The molecule has 43 heavy (non-hydrogen) atoms. The monoisotopic (exact) mass is 618 g/mol. The fraction of sp³-hybridized carbons (Fsp3) is 0.242. The van der Waals surface area contributed by atoms with Crippen molar-refractivity contribution in [3.05, 3.63) is 123 Å². The first kappa shape index (κ1) is 31.7. The number of aromatic nitrogens is 3. The third-order valence-electron chi connectivity index (χ3n) is 6.66. The van der Waals surface area contributed by atoms with Crippen molar-refractivity contribution in [3.63, 3.8) is 0 Å². The highest BCUT2D eigenvalue weighted by molar-refractivity contribution is 7.93. The molecule has 2 aromatic heterocycles. The van der Waals surface area contributed by atoms with Crippen molar-refractivity contribution in [2.75, 3.05) is 6.61 Å². The van der Waals surface area contributed by atoms with Crippen LogP contribution in [0, 0.1) is 6.92 Å². The molecule has 0 aliphatic heterocycles. The average Bonchev–Trinajstić information content (AvgIpc) is 3.34. The summed E-state index contributed by atoms with van der Waals surface area (Å²) >= 11 is 6.63. The summed E-state index contributed by atoms with van der Waals surface area (Å²) in [6.45, 7) is 5.04. The maximum atomic E-state index is 13.4. The number of halogens is 1. The Labute approximate surface area is 258 Å². The highest BCUT2D eigenvalue weighted by Crippen LogP contribution is 2.25. The molecule has 0 saturated carbocycles. The molecule has 0 fully saturated rings. The Bertz CT molecular complexity index is 1680. The van der Waals surface area contributed by atoms with E-state index in [1.807, 2.05) is 35.8 Å². The predicted molar refractivity (Wildman–Crippen MR) is 171 cm³/mol. The molecule has 0 spiro atoms. The Morgan fingerprint density at radius 3 is 2.60 bits per heavy atom. The van der Waals surface area contributed by atoms with Crippen molar-refractivity contribution in [1.29, 1.82) is 0 Å². The van der Waals surface area contributed by atoms with Crippen LogP contribution < -0.4 is 9.46 Å². The van der Waals surface area contributed by atoms with Crippen LogP contribution >= 0.6 is 11.6 Å². The van der Waals surface area contributed by atoms with Crippen LogP contribution in [0.4, 0.5) is 0 Å². The second-order valence-electron chi connectivity index (χ2n) is 10.0. The van der Waals surface area contributed by atoms with E-state index in [0.717, 1.165) is 35.8 Å².